The maximum absolute atomic E-state index is 11.5. The topological polar surface area (TPSA) is 35.5 Å². The first kappa shape index (κ1) is 21.4. The molecule has 4 heteroatoms. The van der Waals surface area contributed by atoms with E-state index >= 15 is 0 Å². The maximum atomic E-state index is 11.5. The summed E-state index contributed by atoms with van der Waals surface area (Å²) in [5.41, 5.74) is 0.880. The van der Waals surface area contributed by atoms with Gasteiger partial charge in [0.05, 0.1) is 0 Å². The molecule has 1 heterocycles. The van der Waals surface area contributed by atoms with E-state index in [0.717, 1.165) is 25.0 Å². The molecule has 0 amide bonds. The van der Waals surface area contributed by atoms with Crippen LogP contribution >= 0.6 is 0 Å². The summed E-state index contributed by atoms with van der Waals surface area (Å²) in [6.07, 6.45) is 11.4. The van der Waals surface area contributed by atoms with Crippen LogP contribution in [0.3, 0.4) is 0 Å². The van der Waals surface area contributed by atoms with E-state index < -0.39 is 8.32 Å². The van der Waals surface area contributed by atoms with Crippen molar-refractivity contribution >= 4 is 14.3 Å². The average molecular weight is 355 g/mol. The van der Waals surface area contributed by atoms with Gasteiger partial charge in [-0.3, -0.25) is 0 Å². The van der Waals surface area contributed by atoms with Crippen LogP contribution in [0.1, 0.15) is 79.1 Å². The van der Waals surface area contributed by atoms with E-state index in [1.54, 1.807) is 0 Å². The first-order chi connectivity index (χ1) is 11.1. The van der Waals surface area contributed by atoms with Gasteiger partial charge in [0.25, 0.3) is 0 Å². The molecule has 0 spiro atoms. The molecule has 1 rings (SSSR count). The second-order valence-corrected chi connectivity index (χ2v) is 13.4. The summed E-state index contributed by atoms with van der Waals surface area (Å²) in [6.45, 7) is 14.4. The Labute approximate surface area is 150 Å². The van der Waals surface area contributed by atoms with Gasteiger partial charge in [-0.15, -0.1) is 0 Å². The monoisotopic (exact) mass is 354 g/mol. The molecule has 1 unspecified atom stereocenters. The lowest BCUT2D eigenvalue weighted by Crippen LogP contribution is -2.40. The highest BCUT2D eigenvalue weighted by molar-refractivity contribution is 6.74. The van der Waals surface area contributed by atoms with Crippen LogP contribution < -0.4 is 0 Å². The van der Waals surface area contributed by atoms with Crippen molar-refractivity contribution in [3.05, 3.63) is 11.6 Å². The van der Waals surface area contributed by atoms with Gasteiger partial charge in [-0.2, -0.15) is 0 Å². The average Bonchev–Trinajstić information content (AvgIpc) is 2.77. The third-order valence-corrected chi connectivity index (χ3v) is 9.89. The smallest absolute Gasteiger partial charge is 0.334 e. The van der Waals surface area contributed by atoms with Crippen molar-refractivity contribution in [3.8, 4) is 0 Å². The SMILES string of the molecule is CC1C=C(CCCCCCCCCO[Si](C)(C)C(C)(C)C)C(=O)O1. The quantitative estimate of drug-likeness (QED) is 0.259. The minimum Gasteiger partial charge on any atom is -0.455 e. The third-order valence-electron chi connectivity index (χ3n) is 5.35. The molecule has 0 saturated carbocycles. The molecule has 0 N–H and O–H groups in total. The van der Waals surface area contributed by atoms with Crippen LogP contribution in [0.4, 0.5) is 0 Å². The van der Waals surface area contributed by atoms with Crippen molar-refractivity contribution in [1.82, 2.24) is 0 Å². The van der Waals surface area contributed by atoms with E-state index in [1.807, 2.05) is 13.0 Å². The van der Waals surface area contributed by atoms with E-state index in [0.29, 0.717) is 5.04 Å². The fraction of sp³-hybridized carbons (Fsp3) is 0.850. The van der Waals surface area contributed by atoms with Crippen molar-refractivity contribution in [2.75, 3.05) is 6.61 Å². The minimum atomic E-state index is -1.56. The molecule has 1 aliphatic rings. The molecule has 0 aromatic rings. The predicted molar refractivity (Wildman–Crippen MR) is 104 cm³/mol. The lowest BCUT2D eigenvalue weighted by atomic mass is 10.0. The van der Waals surface area contributed by atoms with Crippen LogP contribution in [0.5, 0.6) is 0 Å². The Morgan fingerprint density at radius 1 is 1.04 bits per heavy atom. The summed E-state index contributed by atoms with van der Waals surface area (Å²) in [5.74, 6) is -0.107. The van der Waals surface area contributed by atoms with Crippen molar-refractivity contribution in [1.29, 1.82) is 0 Å². The van der Waals surface area contributed by atoms with Gasteiger partial charge in [-0.05, 0) is 50.4 Å². The molecule has 0 radical (unpaired) electrons. The Kier molecular flexibility index (Phi) is 8.72. The summed E-state index contributed by atoms with van der Waals surface area (Å²) < 4.78 is 11.3. The predicted octanol–water partition coefficient (Wildman–Crippen LogP) is 6.00. The summed E-state index contributed by atoms with van der Waals surface area (Å²) in [5, 5.41) is 0.311. The number of esters is 1. The zero-order valence-corrected chi connectivity index (χ0v) is 17.7. The number of hydrogen-bond donors (Lipinski definition) is 0. The Bertz CT molecular complexity index is 421. The van der Waals surface area contributed by atoms with Gasteiger partial charge in [-0.25, -0.2) is 4.79 Å². The Hall–Kier alpha value is -0.613. The highest BCUT2D eigenvalue weighted by Crippen LogP contribution is 2.36. The molecular formula is C20H38O3Si. The van der Waals surface area contributed by atoms with Gasteiger partial charge in [0.15, 0.2) is 8.32 Å². The highest BCUT2D eigenvalue weighted by Gasteiger charge is 2.36. The zero-order valence-electron chi connectivity index (χ0n) is 16.7. The number of cyclic esters (lactones) is 1. The van der Waals surface area contributed by atoms with Crippen molar-refractivity contribution in [2.45, 2.75) is 103 Å². The Balaban J connectivity index is 1.94. The number of carbonyl (C=O) groups excluding carboxylic acids is 1. The largest absolute Gasteiger partial charge is 0.455 e. The standard InChI is InChI=1S/C20H38O3Si/c1-17-16-18(19(21)23-17)14-12-10-8-7-9-11-13-15-22-24(5,6)20(2,3)4/h16-17H,7-15H2,1-6H3. The number of rotatable bonds is 11. The Morgan fingerprint density at radius 3 is 2.08 bits per heavy atom. The molecule has 140 valence electrons. The lowest BCUT2D eigenvalue weighted by Gasteiger charge is -2.36. The van der Waals surface area contributed by atoms with E-state index in [1.165, 1.54) is 38.5 Å². The Morgan fingerprint density at radius 2 is 1.58 bits per heavy atom. The molecular weight excluding hydrogens is 316 g/mol. The van der Waals surface area contributed by atoms with Crippen molar-refractivity contribution < 1.29 is 14.0 Å². The van der Waals surface area contributed by atoms with E-state index in [-0.39, 0.29) is 12.1 Å². The number of hydrogen-bond acceptors (Lipinski definition) is 3. The highest BCUT2D eigenvalue weighted by atomic mass is 28.4. The van der Waals surface area contributed by atoms with Gasteiger partial charge in [0, 0.05) is 12.2 Å². The van der Waals surface area contributed by atoms with Crippen LogP contribution in [-0.2, 0) is 14.0 Å². The van der Waals surface area contributed by atoms with Crippen LogP contribution in [0.2, 0.25) is 18.1 Å². The lowest BCUT2D eigenvalue weighted by molar-refractivity contribution is -0.139. The van der Waals surface area contributed by atoms with Crippen LogP contribution in [-0.4, -0.2) is 27.0 Å². The van der Waals surface area contributed by atoms with E-state index in [2.05, 4.69) is 33.9 Å². The molecule has 0 saturated heterocycles. The fourth-order valence-electron chi connectivity index (χ4n) is 2.66. The molecule has 1 aliphatic heterocycles. The van der Waals surface area contributed by atoms with Gasteiger partial charge in [0.1, 0.15) is 6.10 Å². The molecule has 1 atom stereocenters. The molecule has 0 bridgehead atoms. The normalized spacial score (nSPS) is 18.7. The van der Waals surface area contributed by atoms with Crippen LogP contribution in [0.15, 0.2) is 11.6 Å². The summed E-state index contributed by atoms with van der Waals surface area (Å²) >= 11 is 0. The maximum Gasteiger partial charge on any atom is 0.334 e. The number of carbonyl (C=O) groups is 1. The zero-order chi connectivity index (χ0) is 18.2. The molecule has 3 nitrogen and oxygen atoms in total. The minimum absolute atomic E-state index is 0.0268. The van der Waals surface area contributed by atoms with Crippen LogP contribution in [0, 0.1) is 0 Å². The van der Waals surface area contributed by atoms with Gasteiger partial charge < -0.3 is 9.16 Å². The summed E-state index contributed by atoms with van der Waals surface area (Å²) in [6, 6.07) is 0. The molecule has 0 aromatic carbocycles. The summed E-state index contributed by atoms with van der Waals surface area (Å²) in [4.78, 5) is 11.5. The van der Waals surface area contributed by atoms with Crippen molar-refractivity contribution in [3.63, 3.8) is 0 Å². The van der Waals surface area contributed by atoms with Crippen molar-refractivity contribution in [2.24, 2.45) is 0 Å². The van der Waals surface area contributed by atoms with Crippen LogP contribution in [0.25, 0.3) is 0 Å². The van der Waals surface area contributed by atoms with E-state index in [9.17, 15) is 4.79 Å². The van der Waals surface area contributed by atoms with Gasteiger partial charge >= 0.3 is 5.97 Å². The van der Waals surface area contributed by atoms with Gasteiger partial charge in [-0.1, -0.05) is 52.9 Å². The van der Waals surface area contributed by atoms with Gasteiger partial charge in [0.2, 0.25) is 0 Å². The fourth-order valence-corrected chi connectivity index (χ4v) is 3.75. The molecule has 0 aromatic heterocycles. The van der Waals surface area contributed by atoms with E-state index in [4.69, 9.17) is 9.16 Å². The second kappa shape index (κ2) is 9.76. The number of ether oxygens (including phenoxy) is 1. The number of unbranched alkanes of at least 4 members (excludes halogenated alkanes) is 6. The summed E-state index contributed by atoms with van der Waals surface area (Å²) in [7, 11) is -1.56. The molecule has 0 aliphatic carbocycles. The molecule has 24 heavy (non-hydrogen) atoms. The first-order valence-electron chi connectivity index (χ1n) is 9.69. The third kappa shape index (κ3) is 7.52. The molecule has 0 fully saturated rings. The first-order valence-corrected chi connectivity index (χ1v) is 12.6. The second-order valence-electron chi connectivity index (χ2n) is 8.64.